The third-order valence-electron chi connectivity index (χ3n) is 17.8. The van der Waals surface area contributed by atoms with Crippen molar-refractivity contribution in [1.29, 1.82) is 0 Å². The van der Waals surface area contributed by atoms with Crippen molar-refractivity contribution in [2.75, 3.05) is 33.9 Å². The third kappa shape index (κ3) is 13.6. The molecular formula is C61H95N2O12P. The van der Waals surface area contributed by atoms with Gasteiger partial charge < -0.3 is 34.1 Å². The monoisotopic (exact) mass is 1080 g/mol. The Balaban J connectivity index is 1.34. The molecule has 0 radical (unpaired) electrons. The molecule has 6 rings (SSSR count). The van der Waals surface area contributed by atoms with Gasteiger partial charge in [-0.3, -0.25) is 4.79 Å². The zero-order valence-corrected chi connectivity index (χ0v) is 48.9. The summed E-state index contributed by atoms with van der Waals surface area (Å²) in [4.78, 5) is 33.3. The molecule has 3 aliphatic rings. The van der Waals surface area contributed by atoms with Gasteiger partial charge in [-0.15, -0.1) is 0 Å². The molecule has 0 aromatic heterocycles. The summed E-state index contributed by atoms with van der Waals surface area (Å²) in [5, 5.41) is 65.1. The molecule has 3 heterocycles. The number of carbonyl (C=O) groups is 2. The van der Waals surface area contributed by atoms with E-state index in [1.54, 1.807) is 46.4 Å². The van der Waals surface area contributed by atoms with Crippen LogP contribution in [0.4, 0.5) is 0 Å². The van der Waals surface area contributed by atoms with E-state index in [0.29, 0.717) is 12.8 Å². The van der Waals surface area contributed by atoms with Gasteiger partial charge in [0.15, 0.2) is 6.29 Å². The van der Waals surface area contributed by atoms with Crippen LogP contribution in [-0.4, -0.2) is 165 Å². The number of methoxy groups -OCH3 is 1. The summed E-state index contributed by atoms with van der Waals surface area (Å²) in [5.74, 6) is -3.72. The van der Waals surface area contributed by atoms with Gasteiger partial charge in [0, 0.05) is 25.5 Å². The number of aliphatic hydroxyl groups is 5. The third-order valence-corrected chi connectivity index (χ3v) is 22.9. The molecule has 0 spiro atoms. The number of hydrogen-bond donors (Lipinski definition) is 5. The van der Waals surface area contributed by atoms with Gasteiger partial charge in [0.25, 0.3) is 0 Å². The molecule has 0 aliphatic carbocycles. The second-order valence-electron chi connectivity index (χ2n) is 23.9. The fraction of sp³-hybridized carbons (Fsp3) is 0.672. The fourth-order valence-electron chi connectivity index (χ4n) is 13.5. The van der Waals surface area contributed by atoms with E-state index < -0.39 is 109 Å². The van der Waals surface area contributed by atoms with Crippen LogP contribution in [0.5, 0.6) is 0 Å². The van der Waals surface area contributed by atoms with Crippen LogP contribution in [0.15, 0.2) is 91.0 Å². The molecule has 76 heavy (non-hydrogen) atoms. The normalized spacial score (nSPS) is 37.7. The summed E-state index contributed by atoms with van der Waals surface area (Å²) in [6.45, 7) is 17.8. The Bertz CT molecular complexity index is 2180. The number of unbranched alkanes of at least 4 members (excludes halogenated alkanes) is 2. The van der Waals surface area contributed by atoms with Crippen molar-refractivity contribution in [2.24, 2.45) is 23.7 Å². The zero-order valence-electron chi connectivity index (χ0n) is 47.9. The Labute approximate surface area is 455 Å². The van der Waals surface area contributed by atoms with E-state index in [4.69, 9.17) is 23.7 Å². The van der Waals surface area contributed by atoms with Gasteiger partial charge in [0.2, 0.25) is 0 Å². The molecule has 3 aliphatic heterocycles. The van der Waals surface area contributed by atoms with Crippen molar-refractivity contribution < 1.29 is 58.8 Å². The average Bonchev–Trinajstić information content (AvgIpc) is 3.39. The summed E-state index contributed by atoms with van der Waals surface area (Å²) >= 11 is 0. The van der Waals surface area contributed by atoms with E-state index in [1.807, 2.05) is 39.8 Å². The van der Waals surface area contributed by atoms with Crippen LogP contribution >= 0.6 is 7.26 Å². The van der Waals surface area contributed by atoms with Crippen LogP contribution < -0.4 is 15.9 Å². The van der Waals surface area contributed by atoms with E-state index in [2.05, 4.69) is 91.0 Å². The molecule has 1 unspecified atom stereocenters. The van der Waals surface area contributed by atoms with Crippen LogP contribution in [0.25, 0.3) is 0 Å². The summed E-state index contributed by atoms with van der Waals surface area (Å²) < 4.78 is 32.2. The van der Waals surface area contributed by atoms with Gasteiger partial charge in [-0.25, -0.2) is 0 Å². The number of nitrogens with zero attached hydrogens (tertiary/aromatic N) is 2. The van der Waals surface area contributed by atoms with Gasteiger partial charge in [-0.1, -0.05) is 20.8 Å². The summed E-state index contributed by atoms with van der Waals surface area (Å²) in [5.41, 5.74) is -4.77. The van der Waals surface area contributed by atoms with Crippen LogP contribution in [0, 0.1) is 23.7 Å². The molecule has 1 amide bonds. The minimum absolute atomic E-state index is 0.0885. The van der Waals surface area contributed by atoms with E-state index in [0.717, 1.165) is 19.0 Å². The van der Waals surface area contributed by atoms with E-state index in [-0.39, 0.29) is 50.3 Å². The predicted octanol–water partition coefficient (Wildman–Crippen LogP) is 6.36. The summed E-state index contributed by atoms with van der Waals surface area (Å²) in [7, 11) is 2.82. The molecule has 3 aromatic rings. The van der Waals surface area contributed by atoms with Crippen molar-refractivity contribution in [3.63, 3.8) is 0 Å². The van der Waals surface area contributed by atoms with Gasteiger partial charge in [-0.2, -0.15) is 0 Å². The van der Waals surface area contributed by atoms with Gasteiger partial charge in [0.1, 0.15) is 12.2 Å². The van der Waals surface area contributed by atoms with Crippen LogP contribution in [0.1, 0.15) is 121 Å². The minimum atomic E-state index is -2.50. The topological polar surface area (TPSA) is 188 Å². The van der Waals surface area contributed by atoms with E-state index in [1.165, 1.54) is 29.9 Å². The number of benzene rings is 3. The Morgan fingerprint density at radius 2 is 1.34 bits per heavy atom. The van der Waals surface area contributed by atoms with Crippen LogP contribution in [0.2, 0.25) is 0 Å². The number of rotatable bonds is 15. The van der Waals surface area contributed by atoms with Gasteiger partial charge in [-0.05, 0) is 47.2 Å². The molecular weight excluding hydrogens is 984 g/mol. The quantitative estimate of drug-likeness (QED) is 0.0644. The number of ether oxygens (including phenoxy) is 5. The summed E-state index contributed by atoms with van der Waals surface area (Å²) in [6, 6.07) is 31.1. The second-order valence-corrected chi connectivity index (χ2v) is 28.0. The number of aliphatic hydroxyl groups excluding tert-OH is 3. The standard InChI is InChI=1S/C61H95N2O12P/c1-14-50-61(10,70)54(66)43(6)63(51(64)33-25-18-26-34-76(45-27-19-15-20-28-45,46-29-21-16-22-30-46)47-31-23-17-24-32-47)38-39(2)36-59(8,69)56(75-58-53(65)48(62(11)12)35-40(3)72-58)41(4)52(42(5)57(68)74-50)49-37-60(9,71-13)55(67)44(7)73-49/h15-17,19-24,27-32,39-44,48-50,52-56,58,65-67,69-70,76H,14,18,25-26,33-38H2,1-13H3/t39-,40-,41+,42-,43-,44+,48+,49?,50-,52+,53-,54-,55+,56-,58+,59-,60-,61-/m1/s1. The molecule has 3 fully saturated rings. The molecule has 18 atom stereocenters. The maximum absolute atomic E-state index is 14.9. The maximum atomic E-state index is 14.9. The van der Waals surface area contributed by atoms with Crippen LogP contribution in [0.3, 0.4) is 0 Å². The average molecular weight is 1080 g/mol. The molecule has 0 saturated carbocycles. The van der Waals surface area contributed by atoms with Crippen molar-refractivity contribution in [1.82, 2.24) is 9.80 Å². The van der Waals surface area contributed by atoms with E-state index >= 15 is 0 Å². The number of amides is 1. The van der Waals surface area contributed by atoms with Crippen molar-refractivity contribution >= 4 is 35.1 Å². The van der Waals surface area contributed by atoms with Crippen LogP contribution in [-0.2, 0) is 33.3 Å². The molecule has 426 valence electrons. The fourth-order valence-corrected chi connectivity index (χ4v) is 18.4. The summed E-state index contributed by atoms with van der Waals surface area (Å²) in [6.07, 6.45) is -4.55. The number of hydrogen-bond acceptors (Lipinski definition) is 13. The first-order valence-corrected chi connectivity index (χ1v) is 30.4. The second kappa shape index (κ2) is 26.3. The van der Waals surface area contributed by atoms with Crippen molar-refractivity contribution in [2.45, 2.75) is 205 Å². The first kappa shape index (κ1) is 61.8. The number of esters is 1. The Morgan fingerprint density at radius 3 is 1.86 bits per heavy atom. The number of cyclic esters (lactones) is 1. The predicted molar refractivity (Wildman–Crippen MR) is 302 cm³/mol. The van der Waals surface area contributed by atoms with Crippen molar-refractivity contribution in [3.8, 4) is 0 Å². The Morgan fingerprint density at radius 1 is 0.789 bits per heavy atom. The Hall–Kier alpha value is -3.37. The molecule has 5 N–H and O–H groups in total. The molecule has 14 nitrogen and oxygen atoms in total. The Kier molecular flexibility index (Phi) is 21.4. The molecule has 0 bridgehead atoms. The zero-order chi connectivity index (χ0) is 55.9. The van der Waals surface area contributed by atoms with Crippen molar-refractivity contribution in [3.05, 3.63) is 91.0 Å². The molecule has 3 saturated heterocycles. The molecule has 3 aromatic carbocycles. The van der Waals surface area contributed by atoms with Gasteiger partial charge in [0.05, 0.1) is 29.8 Å². The van der Waals surface area contributed by atoms with Gasteiger partial charge >= 0.3 is 276 Å². The molecule has 15 heteroatoms. The number of carbonyl (C=O) groups excluding carboxylic acids is 2. The first-order chi connectivity index (χ1) is 35.8. The SMILES string of the molecule is CC[C@H]1OC(=O)[C@H](C)[C@@H](C2C[C@@](C)(OC)[C@@H](O)[C@H](C)O2)[C@H](C)[C@@H](O[C@@H]2O[C@H](C)C[C@H](N(C)C)[C@H]2O)[C@](C)(O)C[C@@H](C)CN(C(=O)CCCCC[PH](c2ccccc2)(c2ccccc2)c2ccccc2)[C@H](C)[C@@H](O)[C@]1(C)O. The first-order valence-electron chi connectivity index (χ1n) is 28.2. The number of likely N-dealkylation sites (N-methyl/N-ethyl adjacent to an activating group) is 1. The van der Waals surface area contributed by atoms with E-state index in [9.17, 15) is 35.1 Å².